The lowest BCUT2D eigenvalue weighted by molar-refractivity contribution is -0.137. The van der Waals surface area contributed by atoms with Crippen LogP contribution in [0, 0.1) is 94.6 Å². The molecule has 20 nitrogen and oxygen atoms in total. The number of rotatable bonds is 10. The maximum atomic E-state index is 13.7. The van der Waals surface area contributed by atoms with Gasteiger partial charge < -0.3 is 61.1 Å². The third kappa shape index (κ3) is 16.9. The number of hydrogen-bond donors (Lipinski definition) is 1. The molecule has 0 bridgehead atoms. The number of fused-ring (bicyclic) bond motifs is 8. The summed E-state index contributed by atoms with van der Waals surface area (Å²) >= 11 is 6.91. The van der Waals surface area contributed by atoms with Gasteiger partial charge in [0.15, 0.2) is 23.0 Å². The second-order valence-corrected chi connectivity index (χ2v) is 29.3. The SMILES string of the molecule is CCn1c(-c2ccc(NC(C)=O)cc2)c(C#N)c2ccc(OC)cc21.CCn1cc(C#N)c2ccc(Br)cc21.CCn1cc(C#N)c2ccc(C(F)(F)F)cc21.COc1ccc(-n2cc(C#N)c3ccc(Br)cc32)cc1.Cc1c(C#N)c2ccc(F)cc2n1-c1ccc2c(c1)OCO2.Cc1ccc2c(C#N)c(C)n(-c3ccc4c(c3)OCO4)c2c1. The maximum Gasteiger partial charge on any atom is 0.416 e. The van der Waals surface area contributed by atoms with E-state index in [1.165, 1.54) is 25.1 Å². The van der Waals surface area contributed by atoms with E-state index in [2.05, 4.69) is 108 Å². The molecular formula is C94H73Br2F4N13O7. The number of methoxy groups -OCH3 is 2. The number of carbonyl (C=O) groups is 1. The molecule has 0 saturated heterocycles. The lowest BCUT2D eigenvalue weighted by Gasteiger charge is -2.10. The number of nitriles is 6. The Hall–Kier alpha value is -14.7. The first-order chi connectivity index (χ1) is 57.9. The Bertz CT molecular complexity index is 6790. The first kappa shape index (κ1) is 83.3. The lowest BCUT2D eigenvalue weighted by Crippen LogP contribution is -2.05. The highest BCUT2D eigenvalue weighted by Crippen LogP contribution is 2.42. The Labute approximate surface area is 704 Å². The number of carbonyl (C=O) groups excluding carboxylic acids is 1. The van der Waals surface area contributed by atoms with E-state index in [0.717, 1.165) is 163 Å². The molecule has 120 heavy (non-hydrogen) atoms. The monoisotopic (exact) mass is 1730 g/mol. The minimum absolute atomic E-state index is 0.111. The van der Waals surface area contributed by atoms with Crippen molar-refractivity contribution in [3.05, 3.63) is 283 Å². The fourth-order valence-corrected chi connectivity index (χ4v) is 15.4. The minimum Gasteiger partial charge on any atom is -0.497 e. The number of alkyl halides is 3. The molecule has 0 aliphatic carbocycles. The summed E-state index contributed by atoms with van der Waals surface area (Å²) in [6, 6.07) is 71.6. The molecule has 0 fully saturated rings. The van der Waals surface area contributed by atoms with Gasteiger partial charge in [-0.15, -0.1) is 0 Å². The Morgan fingerprint density at radius 3 is 1.43 bits per heavy atom. The van der Waals surface area contributed by atoms with Crippen LogP contribution in [0.2, 0.25) is 0 Å². The summed E-state index contributed by atoms with van der Waals surface area (Å²) in [5, 5.41) is 63.6. The Morgan fingerprint density at radius 2 is 0.917 bits per heavy atom. The molecule has 10 aromatic carbocycles. The van der Waals surface area contributed by atoms with Gasteiger partial charge in [0.25, 0.3) is 0 Å². The van der Waals surface area contributed by atoms with Crippen LogP contribution in [0.15, 0.2) is 222 Å². The summed E-state index contributed by atoms with van der Waals surface area (Å²) in [5.41, 5.74) is 16.4. The smallest absolute Gasteiger partial charge is 0.416 e. The summed E-state index contributed by atoms with van der Waals surface area (Å²) in [6.45, 7) is 15.9. The van der Waals surface area contributed by atoms with Crippen LogP contribution in [0.25, 0.3) is 93.7 Å². The second-order valence-electron chi connectivity index (χ2n) is 27.5. The van der Waals surface area contributed by atoms with Crippen molar-refractivity contribution in [1.82, 2.24) is 27.4 Å². The molecule has 2 aliphatic rings. The second kappa shape index (κ2) is 35.8. The van der Waals surface area contributed by atoms with Crippen molar-refractivity contribution in [3.8, 4) is 99.2 Å². The van der Waals surface area contributed by atoms with E-state index in [9.17, 15) is 43.4 Å². The largest absolute Gasteiger partial charge is 0.497 e. The third-order valence-electron chi connectivity index (χ3n) is 20.4. The number of benzene rings is 10. The van der Waals surface area contributed by atoms with Crippen molar-refractivity contribution in [2.75, 3.05) is 33.1 Å². The third-order valence-corrected chi connectivity index (χ3v) is 21.4. The molecule has 0 unspecified atom stereocenters. The standard InChI is InChI=1S/C20H19N3O2.C18H14N2O2.C17H11FN2O2.C16H11BrN2O.C12H9F3N2.C11H9BrN2/c1-4-23-19-11-16(25-3)9-10-17(19)18(12-21)20(23)14-5-7-15(8-6-14)22-13(2)24;1-11-3-5-14-15(9-19)12(2)20(16(14)7-11)13-4-6-17-18(8-13)22-10-21-17;1-10-14(8-19)13-4-2-11(18)6-15(13)20(10)12-3-5-16-17(7-12)22-9-21-16;1-20-14-5-3-13(4-6-14)19-10-11(9-18)15-7-2-12(17)8-16(15)19;1-2-17-7-8(6-16)10-4-3-9(5-11(10)17)12(13,14)15;1-2-14-7-8(6-13)10-4-3-9(12)5-11(10)14/h5-11H,4H2,1-3H3,(H,22,24);3-8H,10H2,1-2H3;2-7H,9H2,1H3;2-8,10H,1H3;3-5,7H,2H2,1H3;3-5,7H,2H2,1H3. The number of hydrogen-bond acceptors (Lipinski definition) is 13. The van der Waals surface area contributed by atoms with E-state index >= 15 is 0 Å². The first-order valence-electron chi connectivity index (χ1n) is 37.6. The predicted octanol–water partition coefficient (Wildman–Crippen LogP) is 22.8. The molecular weight excluding hydrogens is 1660 g/mol. The van der Waals surface area contributed by atoms with Crippen LogP contribution in [0.4, 0.5) is 23.2 Å². The quantitative estimate of drug-likeness (QED) is 0.125. The lowest BCUT2D eigenvalue weighted by atomic mass is 10.1. The highest BCUT2D eigenvalue weighted by molar-refractivity contribution is 9.10. The van der Waals surface area contributed by atoms with Crippen molar-refractivity contribution >= 4 is 109 Å². The number of amides is 1. The van der Waals surface area contributed by atoms with Gasteiger partial charge in [-0.1, -0.05) is 74.3 Å². The highest BCUT2D eigenvalue weighted by atomic mass is 79.9. The maximum absolute atomic E-state index is 13.7. The van der Waals surface area contributed by atoms with Crippen molar-refractivity contribution < 1.29 is 50.8 Å². The van der Waals surface area contributed by atoms with E-state index in [1.54, 1.807) is 31.0 Å². The topological polar surface area (TPSA) is 257 Å². The zero-order valence-electron chi connectivity index (χ0n) is 66.2. The van der Waals surface area contributed by atoms with Gasteiger partial charge in [-0.05, 0) is 186 Å². The number of aromatic nitrogens is 6. The molecule has 1 N–H and O–H groups in total. The summed E-state index contributed by atoms with van der Waals surface area (Å²) < 4.78 is 97.2. The van der Waals surface area contributed by atoms with Crippen molar-refractivity contribution in [2.24, 2.45) is 0 Å². The number of halogens is 6. The van der Waals surface area contributed by atoms with E-state index in [-0.39, 0.29) is 25.3 Å². The van der Waals surface area contributed by atoms with Crippen molar-refractivity contribution in [2.45, 2.75) is 74.3 Å². The van der Waals surface area contributed by atoms with Crippen molar-refractivity contribution in [3.63, 3.8) is 0 Å². The van der Waals surface area contributed by atoms with Gasteiger partial charge in [-0.3, -0.25) is 4.79 Å². The van der Waals surface area contributed by atoms with Gasteiger partial charge in [-0.25, -0.2) is 4.39 Å². The highest BCUT2D eigenvalue weighted by Gasteiger charge is 2.31. The number of aryl methyl sites for hydroxylation is 4. The van der Waals surface area contributed by atoms with E-state index < -0.39 is 11.7 Å². The fraction of sp³-hybridized carbons (Fsp3) is 0.160. The van der Waals surface area contributed by atoms with Crippen molar-refractivity contribution in [1.29, 1.82) is 31.6 Å². The molecule has 6 aromatic heterocycles. The van der Waals surface area contributed by atoms with Crippen LogP contribution in [0.3, 0.4) is 0 Å². The molecule has 0 atom stereocenters. The normalized spacial score (nSPS) is 11.4. The molecule has 0 radical (unpaired) electrons. The molecule has 26 heteroatoms. The molecule has 2 aliphatic heterocycles. The Kier molecular flexibility index (Phi) is 24.9. The van der Waals surface area contributed by atoms with Crippen LogP contribution in [-0.2, 0) is 30.6 Å². The van der Waals surface area contributed by atoms with Crippen LogP contribution >= 0.6 is 31.9 Å². The van der Waals surface area contributed by atoms with Crippen LogP contribution < -0.4 is 33.7 Å². The van der Waals surface area contributed by atoms with Gasteiger partial charge in [-0.2, -0.15) is 44.7 Å². The van der Waals surface area contributed by atoms with Crippen LogP contribution in [0.5, 0.6) is 34.5 Å². The first-order valence-corrected chi connectivity index (χ1v) is 39.2. The van der Waals surface area contributed by atoms with E-state index in [1.807, 2.05) is 200 Å². The van der Waals surface area contributed by atoms with Gasteiger partial charge in [0.1, 0.15) is 53.7 Å². The minimum atomic E-state index is -4.36. The number of nitrogens with one attached hydrogen (secondary N) is 1. The zero-order valence-corrected chi connectivity index (χ0v) is 69.4. The van der Waals surface area contributed by atoms with Gasteiger partial charge in [0.05, 0.1) is 86.4 Å². The molecule has 0 spiro atoms. The average Bonchev–Trinajstić information content (AvgIpc) is 1.61. The molecule has 18 rings (SSSR count). The number of nitrogens with zero attached hydrogens (tertiary/aromatic N) is 12. The number of anilines is 1. The zero-order chi connectivity index (χ0) is 85.4. The number of ether oxygens (including phenoxy) is 6. The van der Waals surface area contributed by atoms with Crippen LogP contribution in [0.1, 0.15) is 83.6 Å². The molecule has 8 heterocycles. The molecule has 598 valence electrons. The van der Waals surface area contributed by atoms with E-state index in [4.69, 9.17) is 38.9 Å². The predicted molar refractivity (Wildman–Crippen MR) is 461 cm³/mol. The summed E-state index contributed by atoms with van der Waals surface area (Å²) in [5.74, 6) is 3.96. The Morgan fingerprint density at radius 1 is 0.458 bits per heavy atom. The summed E-state index contributed by atoms with van der Waals surface area (Å²) in [6.07, 6.45) is 0.977. The molecule has 0 saturated carbocycles. The van der Waals surface area contributed by atoms with Gasteiger partial charge in [0.2, 0.25) is 19.5 Å². The van der Waals surface area contributed by atoms with Gasteiger partial charge >= 0.3 is 6.18 Å². The van der Waals surface area contributed by atoms with Gasteiger partial charge in [0, 0.05) is 144 Å². The fourth-order valence-electron chi connectivity index (χ4n) is 14.7. The Balaban J connectivity index is 0.000000125. The summed E-state index contributed by atoms with van der Waals surface area (Å²) in [4.78, 5) is 11.2. The van der Waals surface area contributed by atoms with E-state index in [0.29, 0.717) is 62.3 Å². The molecule has 1 amide bonds. The summed E-state index contributed by atoms with van der Waals surface area (Å²) in [7, 11) is 3.28. The van der Waals surface area contributed by atoms with Crippen LogP contribution in [-0.4, -0.2) is 61.1 Å². The molecule has 16 aromatic rings. The average molecular weight is 1730 g/mol.